The number of para-hydroxylation sites is 1. The first-order valence-electron chi connectivity index (χ1n) is 6.50. The zero-order chi connectivity index (χ0) is 13.9. The van der Waals surface area contributed by atoms with Crippen molar-refractivity contribution < 1.29 is 19.1 Å². The van der Waals surface area contributed by atoms with Gasteiger partial charge in [-0.3, -0.25) is 9.59 Å². The minimum Gasteiger partial charge on any atom is -0.496 e. The molecule has 0 aromatic heterocycles. The molecule has 2 rings (SSSR count). The van der Waals surface area contributed by atoms with Gasteiger partial charge in [0.15, 0.2) is 11.2 Å². The molecule has 0 radical (unpaired) electrons. The van der Waals surface area contributed by atoms with Crippen LogP contribution in [0.1, 0.15) is 31.7 Å². The van der Waals surface area contributed by atoms with Crippen molar-refractivity contribution >= 4 is 11.8 Å². The van der Waals surface area contributed by atoms with Crippen LogP contribution in [-0.2, 0) is 19.7 Å². The molecule has 0 N–H and O–H groups in total. The first kappa shape index (κ1) is 13.6. The third kappa shape index (κ3) is 2.11. The summed E-state index contributed by atoms with van der Waals surface area (Å²) in [6.45, 7) is 2.01. The Hall–Kier alpha value is -1.84. The van der Waals surface area contributed by atoms with Gasteiger partial charge >= 0.3 is 5.97 Å². The molecule has 1 unspecified atom stereocenters. The van der Waals surface area contributed by atoms with E-state index in [0.717, 1.165) is 0 Å². The topological polar surface area (TPSA) is 52.6 Å². The summed E-state index contributed by atoms with van der Waals surface area (Å²) in [5, 5.41) is 0. The Morgan fingerprint density at radius 2 is 2.11 bits per heavy atom. The van der Waals surface area contributed by atoms with Crippen molar-refractivity contribution in [2.75, 3.05) is 13.7 Å². The van der Waals surface area contributed by atoms with Crippen molar-refractivity contribution in [1.29, 1.82) is 0 Å². The van der Waals surface area contributed by atoms with E-state index in [1.807, 2.05) is 12.1 Å². The highest BCUT2D eigenvalue weighted by Crippen LogP contribution is 2.43. The molecule has 1 atom stereocenters. The van der Waals surface area contributed by atoms with Crippen LogP contribution in [0.3, 0.4) is 0 Å². The van der Waals surface area contributed by atoms with Gasteiger partial charge in [0, 0.05) is 12.0 Å². The molecule has 0 saturated heterocycles. The molecule has 1 saturated carbocycles. The molecule has 1 aromatic rings. The van der Waals surface area contributed by atoms with Crippen LogP contribution in [0.5, 0.6) is 5.75 Å². The lowest BCUT2D eigenvalue weighted by Gasteiger charge is -2.27. The maximum atomic E-state index is 12.3. The summed E-state index contributed by atoms with van der Waals surface area (Å²) in [4.78, 5) is 24.7. The average molecular weight is 262 g/mol. The van der Waals surface area contributed by atoms with E-state index in [1.54, 1.807) is 19.1 Å². The van der Waals surface area contributed by atoms with Gasteiger partial charge in [-0.15, -0.1) is 0 Å². The molecular weight excluding hydrogens is 244 g/mol. The van der Waals surface area contributed by atoms with Crippen LogP contribution in [0.2, 0.25) is 0 Å². The summed E-state index contributed by atoms with van der Waals surface area (Å²) in [6.07, 6.45) is 1.61. The van der Waals surface area contributed by atoms with Gasteiger partial charge in [0.25, 0.3) is 0 Å². The van der Waals surface area contributed by atoms with Gasteiger partial charge in [-0.05, 0) is 25.8 Å². The van der Waals surface area contributed by atoms with Crippen molar-refractivity contribution in [3.05, 3.63) is 29.8 Å². The first-order chi connectivity index (χ1) is 9.16. The number of rotatable bonds is 4. The lowest BCUT2D eigenvalue weighted by molar-refractivity contribution is -0.153. The van der Waals surface area contributed by atoms with Gasteiger partial charge in [0.1, 0.15) is 5.75 Å². The molecule has 4 nitrogen and oxygen atoms in total. The van der Waals surface area contributed by atoms with Crippen molar-refractivity contribution in [3.63, 3.8) is 0 Å². The lowest BCUT2D eigenvalue weighted by atomic mass is 9.77. The van der Waals surface area contributed by atoms with Gasteiger partial charge in [-0.1, -0.05) is 18.2 Å². The van der Waals surface area contributed by atoms with Crippen LogP contribution in [0.15, 0.2) is 24.3 Å². The van der Waals surface area contributed by atoms with Crippen molar-refractivity contribution in [3.8, 4) is 5.75 Å². The predicted octanol–water partition coefficient (Wildman–Crippen LogP) is 2.25. The average Bonchev–Trinajstić information content (AvgIpc) is 2.81. The Morgan fingerprint density at radius 1 is 1.37 bits per heavy atom. The van der Waals surface area contributed by atoms with Gasteiger partial charge in [-0.2, -0.15) is 0 Å². The Morgan fingerprint density at radius 3 is 2.68 bits per heavy atom. The lowest BCUT2D eigenvalue weighted by Crippen LogP contribution is -2.41. The maximum Gasteiger partial charge on any atom is 0.324 e. The monoisotopic (exact) mass is 262 g/mol. The second-order valence-electron chi connectivity index (χ2n) is 4.60. The Labute approximate surface area is 112 Å². The number of carbonyl (C=O) groups is 2. The number of ketones is 1. The quantitative estimate of drug-likeness (QED) is 0.617. The van der Waals surface area contributed by atoms with Crippen LogP contribution in [0.25, 0.3) is 0 Å². The van der Waals surface area contributed by atoms with E-state index in [2.05, 4.69) is 0 Å². The largest absolute Gasteiger partial charge is 0.496 e. The summed E-state index contributed by atoms with van der Waals surface area (Å²) in [5.41, 5.74) is -0.554. The number of ether oxygens (including phenoxy) is 2. The highest BCUT2D eigenvalue weighted by molar-refractivity contribution is 6.11. The van der Waals surface area contributed by atoms with Crippen molar-refractivity contribution in [2.24, 2.45) is 0 Å². The van der Waals surface area contributed by atoms with E-state index < -0.39 is 11.4 Å². The number of carbonyl (C=O) groups excluding carboxylic acids is 2. The molecule has 0 aliphatic heterocycles. The third-order valence-corrected chi connectivity index (χ3v) is 3.62. The molecule has 19 heavy (non-hydrogen) atoms. The number of Topliss-reactive ketones (excluding diaryl/α,β-unsaturated/α-hetero) is 1. The van der Waals surface area contributed by atoms with Crippen LogP contribution in [0.4, 0.5) is 0 Å². The molecule has 1 aliphatic rings. The molecule has 1 aliphatic carbocycles. The van der Waals surface area contributed by atoms with Crippen molar-refractivity contribution in [1.82, 2.24) is 0 Å². The Balaban J connectivity index is 2.55. The summed E-state index contributed by atoms with van der Waals surface area (Å²) in [6, 6.07) is 7.17. The zero-order valence-electron chi connectivity index (χ0n) is 11.3. The first-order valence-corrected chi connectivity index (χ1v) is 6.50. The predicted molar refractivity (Wildman–Crippen MR) is 70.2 cm³/mol. The molecule has 0 spiro atoms. The fourth-order valence-electron chi connectivity index (χ4n) is 2.73. The van der Waals surface area contributed by atoms with E-state index >= 15 is 0 Å². The molecule has 1 fully saturated rings. The molecule has 1 aromatic carbocycles. The minimum atomic E-state index is -1.18. The van der Waals surface area contributed by atoms with E-state index in [-0.39, 0.29) is 12.4 Å². The van der Waals surface area contributed by atoms with Crippen LogP contribution in [0, 0.1) is 0 Å². The number of benzene rings is 1. The summed E-state index contributed by atoms with van der Waals surface area (Å²) in [7, 11) is 1.54. The van der Waals surface area contributed by atoms with E-state index in [0.29, 0.717) is 30.6 Å². The van der Waals surface area contributed by atoms with Crippen LogP contribution < -0.4 is 4.74 Å². The van der Waals surface area contributed by atoms with E-state index in [4.69, 9.17) is 9.47 Å². The molecular formula is C15H18O4. The minimum absolute atomic E-state index is 0.0737. The smallest absolute Gasteiger partial charge is 0.324 e. The molecule has 4 heteroatoms. The van der Waals surface area contributed by atoms with Crippen molar-refractivity contribution in [2.45, 2.75) is 31.6 Å². The Bertz CT molecular complexity index is 495. The van der Waals surface area contributed by atoms with Gasteiger partial charge in [0.2, 0.25) is 0 Å². The molecule has 0 bridgehead atoms. The number of methoxy groups -OCH3 is 1. The molecule has 0 heterocycles. The normalized spacial score (nSPS) is 22.3. The third-order valence-electron chi connectivity index (χ3n) is 3.62. The second kappa shape index (κ2) is 5.43. The summed E-state index contributed by atoms with van der Waals surface area (Å²) >= 11 is 0. The number of hydrogen-bond donors (Lipinski definition) is 0. The van der Waals surface area contributed by atoms with Gasteiger partial charge in [0.05, 0.1) is 13.7 Å². The SMILES string of the molecule is CCOC(=O)C1(c2ccccc2OC)CCCC1=O. The fraction of sp³-hybridized carbons (Fsp3) is 0.467. The number of esters is 1. The second-order valence-corrected chi connectivity index (χ2v) is 4.60. The van der Waals surface area contributed by atoms with E-state index in [1.165, 1.54) is 7.11 Å². The van der Waals surface area contributed by atoms with Crippen LogP contribution >= 0.6 is 0 Å². The highest BCUT2D eigenvalue weighted by Gasteiger charge is 2.52. The van der Waals surface area contributed by atoms with Gasteiger partial charge < -0.3 is 9.47 Å². The fourth-order valence-corrected chi connectivity index (χ4v) is 2.73. The molecule has 0 amide bonds. The van der Waals surface area contributed by atoms with Crippen LogP contribution in [-0.4, -0.2) is 25.5 Å². The zero-order valence-corrected chi connectivity index (χ0v) is 11.3. The summed E-state index contributed by atoms with van der Waals surface area (Å²) in [5.74, 6) is 0.0308. The maximum absolute atomic E-state index is 12.3. The van der Waals surface area contributed by atoms with Gasteiger partial charge in [-0.25, -0.2) is 0 Å². The van der Waals surface area contributed by atoms with E-state index in [9.17, 15) is 9.59 Å². The highest BCUT2D eigenvalue weighted by atomic mass is 16.5. The Kier molecular flexibility index (Phi) is 3.88. The number of hydrogen-bond acceptors (Lipinski definition) is 4. The summed E-state index contributed by atoms with van der Waals surface area (Å²) < 4.78 is 10.4. The standard InChI is InChI=1S/C15H18O4/c1-3-19-14(17)15(10-6-9-13(15)16)11-7-4-5-8-12(11)18-2/h4-5,7-8H,3,6,9-10H2,1-2H3. The molecule has 102 valence electrons.